The molecule has 1 aliphatic heterocycles. The number of hydrogen-bond donors (Lipinski definition) is 2. The number of aliphatic hydroxyl groups excluding tert-OH is 2. The molecule has 1 aliphatic carbocycles. The third kappa shape index (κ3) is 4.69. The Bertz CT molecular complexity index is 546. The van der Waals surface area contributed by atoms with Crippen LogP contribution in [0.3, 0.4) is 0 Å². The van der Waals surface area contributed by atoms with Crippen LogP contribution in [0.5, 0.6) is 0 Å². The maximum atomic E-state index is 12.5. The molecular formula is C19H28O5. The summed E-state index contributed by atoms with van der Waals surface area (Å²) < 4.78 is 5.46. The van der Waals surface area contributed by atoms with Gasteiger partial charge in [-0.15, -0.1) is 0 Å². The van der Waals surface area contributed by atoms with Crippen LogP contribution in [0, 0.1) is 5.92 Å². The molecule has 0 amide bonds. The highest BCUT2D eigenvalue weighted by Gasteiger charge is 2.32. The molecule has 0 radical (unpaired) electrons. The van der Waals surface area contributed by atoms with Gasteiger partial charge in [0.25, 0.3) is 0 Å². The Morgan fingerprint density at radius 1 is 1.04 bits per heavy atom. The predicted molar refractivity (Wildman–Crippen MR) is 90.4 cm³/mol. The second kappa shape index (κ2) is 8.47. The lowest BCUT2D eigenvalue weighted by atomic mass is 9.82. The monoisotopic (exact) mass is 336 g/mol. The molecule has 0 aromatic heterocycles. The zero-order valence-corrected chi connectivity index (χ0v) is 14.6. The fourth-order valence-electron chi connectivity index (χ4n) is 3.40. The number of cyclic esters (lactones) is 1. The fraction of sp³-hybridized carbons (Fsp3) is 0.684. The average molecular weight is 336 g/mol. The summed E-state index contributed by atoms with van der Waals surface area (Å²) in [4.78, 5) is 24.3. The Balaban J connectivity index is 2.24. The Morgan fingerprint density at radius 2 is 1.71 bits per heavy atom. The van der Waals surface area contributed by atoms with E-state index in [4.69, 9.17) is 4.74 Å². The van der Waals surface area contributed by atoms with Crippen LogP contribution in [0.15, 0.2) is 23.0 Å². The standard InChI is InChI=1S/C19H28O5/c1-12-7-6-9-14(20)8-4-3-5-10-15-13(2)16(21)11-17(22)18(15)19(23)24-12/h11-13,16,21-22H,3-10H2,1-2H3. The topological polar surface area (TPSA) is 83.8 Å². The summed E-state index contributed by atoms with van der Waals surface area (Å²) in [6, 6.07) is 0. The molecule has 24 heavy (non-hydrogen) atoms. The quantitative estimate of drug-likeness (QED) is 0.663. The molecule has 0 spiro atoms. The van der Waals surface area contributed by atoms with E-state index in [-0.39, 0.29) is 29.1 Å². The first kappa shape index (κ1) is 18.7. The smallest absolute Gasteiger partial charge is 0.342 e. The highest BCUT2D eigenvalue weighted by atomic mass is 16.5. The van der Waals surface area contributed by atoms with Crippen molar-refractivity contribution < 1.29 is 24.5 Å². The van der Waals surface area contributed by atoms with Gasteiger partial charge in [0.05, 0.1) is 12.2 Å². The number of esters is 1. The number of ketones is 1. The van der Waals surface area contributed by atoms with Gasteiger partial charge in [-0.3, -0.25) is 4.79 Å². The van der Waals surface area contributed by atoms with Crippen molar-refractivity contribution in [2.75, 3.05) is 0 Å². The molecule has 3 unspecified atom stereocenters. The fourth-order valence-corrected chi connectivity index (χ4v) is 3.40. The molecule has 0 saturated heterocycles. The largest absolute Gasteiger partial charge is 0.507 e. The third-order valence-electron chi connectivity index (χ3n) is 4.95. The van der Waals surface area contributed by atoms with E-state index in [1.807, 2.05) is 6.92 Å². The molecule has 3 atom stereocenters. The summed E-state index contributed by atoms with van der Waals surface area (Å²) in [6.45, 7) is 3.66. The van der Waals surface area contributed by atoms with Crippen molar-refractivity contribution in [3.05, 3.63) is 23.0 Å². The van der Waals surface area contributed by atoms with Crippen LogP contribution in [0.4, 0.5) is 0 Å². The Hall–Kier alpha value is -1.62. The van der Waals surface area contributed by atoms with Crippen LogP contribution in [-0.4, -0.2) is 34.2 Å². The normalized spacial score (nSPS) is 31.0. The van der Waals surface area contributed by atoms with Crippen molar-refractivity contribution in [3.8, 4) is 0 Å². The molecule has 1 heterocycles. The van der Waals surface area contributed by atoms with Gasteiger partial charge in [0.1, 0.15) is 17.1 Å². The highest BCUT2D eigenvalue weighted by molar-refractivity contribution is 5.94. The lowest BCUT2D eigenvalue weighted by molar-refractivity contribution is -0.143. The van der Waals surface area contributed by atoms with Gasteiger partial charge < -0.3 is 14.9 Å². The van der Waals surface area contributed by atoms with Crippen molar-refractivity contribution in [2.24, 2.45) is 5.92 Å². The van der Waals surface area contributed by atoms with E-state index in [0.29, 0.717) is 32.1 Å². The molecule has 5 heteroatoms. The molecule has 2 aliphatic rings. The van der Waals surface area contributed by atoms with Crippen molar-refractivity contribution in [1.29, 1.82) is 0 Å². The van der Waals surface area contributed by atoms with Gasteiger partial charge in [-0.25, -0.2) is 4.79 Å². The second-order valence-electron chi connectivity index (χ2n) is 6.94. The molecule has 0 saturated carbocycles. The van der Waals surface area contributed by atoms with Gasteiger partial charge in [0.15, 0.2) is 0 Å². The summed E-state index contributed by atoms with van der Waals surface area (Å²) in [6.07, 6.45) is 5.85. The van der Waals surface area contributed by atoms with E-state index in [2.05, 4.69) is 0 Å². The summed E-state index contributed by atoms with van der Waals surface area (Å²) >= 11 is 0. The lowest BCUT2D eigenvalue weighted by Crippen LogP contribution is -2.28. The molecule has 2 rings (SSSR count). The molecule has 0 aromatic rings. The van der Waals surface area contributed by atoms with Crippen LogP contribution < -0.4 is 0 Å². The zero-order chi connectivity index (χ0) is 17.7. The van der Waals surface area contributed by atoms with Crippen molar-refractivity contribution in [1.82, 2.24) is 0 Å². The Morgan fingerprint density at radius 3 is 2.46 bits per heavy atom. The van der Waals surface area contributed by atoms with Gasteiger partial charge in [0.2, 0.25) is 0 Å². The van der Waals surface area contributed by atoms with Crippen LogP contribution in [0.25, 0.3) is 0 Å². The summed E-state index contributed by atoms with van der Waals surface area (Å²) in [5.74, 6) is -0.677. The number of hydrogen-bond acceptors (Lipinski definition) is 5. The van der Waals surface area contributed by atoms with Gasteiger partial charge in [-0.1, -0.05) is 13.3 Å². The maximum absolute atomic E-state index is 12.5. The molecule has 0 fully saturated rings. The average Bonchev–Trinajstić information content (AvgIpc) is 2.50. The number of carbonyl (C=O) groups is 2. The zero-order valence-electron chi connectivity index (χ0n) is 14.6. The molecule has 5 nitrogen and oxygen atoms in total. The third-order valence-corrected chi connectivity index (χ3v) is 4.95. The predicted octanol–water partition coefficient (Wildman–Crippen LogP) is 3.37. The van der Waals surface area contributed by atoms with Crippen molar-refractivity contribution >= 4 is 11.8 Å². The van der Waals surface area contributed by atoms with E-state index < -0.39 is 12.1 Å². The van der Waals surface area contributed by atoms with Gasteiger partial charge in [-0.2, -0.15) is 0 Å². The Labute approximate surface area is 143 Å². The van der Waals surface area contributed by atoms with E-state index in [1.165, 1.54) is 6.08 Å². The number of carbonyl (C=O) groups excluding carboxylic acids is 2. The number of rotatable bonds is 0. The van der Waals surface area contributed by atoms with E-state index in [9.17, 15) is 19.8 Å². The van der Waals surface area contributed by atoms with Gasteiger partial charge >= 0.3 is 5.97 Å². The molecular weight excluding hydrogens is 308 g/mol. The minimum atomic E-state index is -0.797. The number of aliphatic hydroxyl groups is 2. The van der Waals surface area contributed by atoms with Crippen LogP contribution >= 0.6 is 0 Å². The van der Waals surface area contributed by atoms with Gasteiger partial charge in [-0.05, 0) is 50.7 Å². The molecule has 0 bridgehead atoms. The van der Waals surface area contributed by atoms with Gasteiger partial charge in [0, 0.05) is 18.8 Å². The van der Waals surface area contributed by atoms with E-state index in [1.54, 1.807) is 6.92 Å². The number of ether oxygens (including phenoxy) is 1. The molecule has 0 aromatic carbocycles. The minimum Gasteiger partial charge on any atom is -0.507 e. The first-order valence-electron chi connectivity index (χ1n) is 8.95. The van der Waals surface area contributed by atoms with E-state index in [0.717, 1.165) is 24.8 Å². The minimum absolute atomic E-state index is 0.185. The summed E-state index contributed by atoms with van der Waals surface area (Å²) in [7, 11) is 0. The van der Waals surface area contributed by atoms with Crippen LogP contribution in [-0.2, 0) is 14.3 Å². The lowest BCUT2D eigenvalue weighted by Gasteiger charge is -2.28. The summed E-state index contributed by atoms with van der Waals surface area (Å²) in [5, 5.41) is 20.3. The number of Topliss-reactive ketones (excluding diaryl/α,β-unsaturated/α-hetero) is 1. The summed E-state index contributed by atoms with van der Waals surface area (Å²) in [5.41, 5.74) is 0.968. The van der Waals surface area contributed by atoms with Crippen molar-refractivity contribution in [3.63, 3.8) is 0 Å². The molecule has 134 valence electrons. The molecule has 2 N–H and O–H groups in total. The Kier molecular flexibility index (Phi) is 6.60. The second-order valence-corrected chi connectivity index (χ2v) is 6.94. The first-order valence-corrected chi connectivity index (χ1v) is 8.95. The first-order chi connectivity index (χ1) is 11.4. The van der Waals surface area contributed by atoms with Crippen LogP contribution in [0.2, 0.25) is 0 Å². The maximum Gasteiger partial charge on any atom is 0.342 e. The van der Waals surface area contributed by atoms with Crippen LogP contribution in [0.1, 0.15) is 65.2 Å². The SMILES string of the molecule is CC1CCCC(=O)CCCCCC2=C(C(=O)O1)C(O)=CC(O)C2C. The highest BCUT2D eigenvalue weighted by Crippen LogP contribution is 2.34. The van der Waals surface area contributed by atoms with E-state index >= 15 is 0 Å². The van der Waals surface area contributed by atoms with Crippen molar-refractivity contribution in [2.45, 2.75) is 77.4 Å².